The summed E-state index contributed by atoms with van der Waals surface area (Å²) in [5.74, 6) is 6.62. The number of nitrogen functional groups attached to an aromatic ring is 1. The summed E-state index contributed by atoms with van der Waals surface area (Å²) < 4.78 is 5.87. The third-order valence-corrected chi connectivity index (χ3v) is 3.97. The van der Waals surface area contributed by atoms with Crippen molar-refractivity contribution in [2.75, 3.05) is 5.43 Å². The standard InChI is InChI=1S/C16H13Cl2N3O/c17-12-4-2-5-13(18)11(12)9-22-14-6-1-3-10-7-8-15(21-19)20-16(10)14/h1-8H,9,19H2,(H,20,21). The highest BCUT2D eigenvalue weighted by Gasteiger charge is 2.09. The maximum Gasteiger partial charge on any atom is 0.146 e. The molecule has 3 aromatic rings. The number of hydrazine groups is 1. The first-order valence-corrected chi connectivity index (χ1v) is 7.36. The van der Waals surface area contributed by atoms with E-state index >= 15 is 0 Å². The number of nitrogens with one attached hydrogen (secondary N) is 1. The minimum absolute atomic E-state index is 0.263. The highest BCUT2D eigenvalue weighted by atomic mass is 35.5. The van der Waals surface area contributed by atoms with Crippen LogP contribution in [-0.4, -0.2) is 4.98 Å². The highest BCUT2D eigenvalue weighted by molar-refractivity contribution is 6.35. The molecule has 0 saturated carbocycles. The molecular weight excluding hydrogens is 321 g/mol. The number of nitrogens with zero attached hydrogens (tertiary/aromatic N) is 1. The first-order chi connectivity index (χ1) is 10.7. The second-order valence-electron chi connectivity index (χ2n) is 4.66. The summed E-state index contributed by atoms with van der Waals surface area (Å²) in [5, 5.41) is 2.11. The van der Waals surface area contributed by atoms with Crippen molar-refractivity contribution < 1.29 is 4.74 Å². The minimum Gasteiger partial charge on any atom is -0.487 e. The molecule has 2 aromatic carbocycles. The number of para-hydroxylation sites is 1. The summed E-state index contributed by atoms with van der Waals surface area (Å²) in [6, 6.07) is 14.8. The summed E-state index contributed by atoms with van der Waals surface area (Å²) >= 11 is 12.3. The minimum atomic E-state index is 0.263. The van der Waals surface area contributed by atoms with Crippen LogP contribution in [0.15, 0.2) is 48.5 Å². The van der Waals surface area contributed by atoms with E-state index in [-0.39, 0.29) is 6.61 Å². The van der Waals surface area contributed by atoms with Crippen LogP contribution in [0.4, 0.5) is 5.82 Å². The quantitative estimate of drug-likeness (QED) is 0.548. The number of anilines is 1. The lowest BCUT2D eigenvalue weighted by Gasteiger charge is -2.11. The Morgan fingerprint density at radius 3 is 2.45 bits per heavy atom. The van der Waals surface area contributed by atoms with Gasteiger partial charge < -0.3 is 10.2 Å². The van der Waals surface area contributed by atoms with Gasteiger partial charge in [-0.05, 0) is 30.3 Å². The molecule has 0 spiro atoms. The molecule has 22 heavy (non-hydrogen) atoms. The monoisotopic (exact) mass is 333 g/mol. The molecule has 1 aromatic heterocycles. The third kappa shape index (κ3) is 2.95. The lowest BCUT2D eigenvalue weighted by molar-refractivity contribution is 0.309. The molecule has 0 saturated heterocycles. The topological polar surface area (TPSA) is 60.2 Å². The second-order valence-corrected chi connectivity index (χ2v) is 5.47. The zero-order valence-electron chi connectivity index (χ0n) is 11.5. The van der Waals surface area contributed by atoms with Crippen molar-refractivity contribution in [3.63, 3.8) is 0 Å². The van der Waals surface area contributed by atoms with Gasteiger partial charge in [-0.3, -0.25) is 0 Å². The van der Waals surface area contributed by atoms with Crippen molar-refractivity contribution in [2.24, 2.45) is 5.84 Å². The van der Waals surface area contributed by atoms with Crippen molar-refractivity contribution in [1.82, 2.24) is 4.98 Å². The third-order valence-electron chi connectivity index (χ3n) is 3.26. The van der Waals surface area contributed by atoms with Crippen LogP contribution in [0.25, 0.3) is 10.9 Å². The number of hydrogen-bond acceptors (Lipinski definition) is 4. The van der Waals surface area contributed by atoms with E-state index in [1.807, 2.05) is 24.3 Å². The van der Waals surface area contributed by atoms with E-state index in [1.165, 1.54) is 0 Å². The highest BCUT2D eigenvalue weighted by Crippen LogP contribution is 2.29. The lowest BCUT2D eigenvalue weighted by atomic mass is 10.2. The van der Waals surface area contributed by atoms with E-state index in [1.54, 1.807) is 24.3 Å². The largest absolute Gasteiger partial charge is 0.487 e. The van der Waals surface area contributed by atoms with E-state index in [9.17, 15) is 0 Å². The fourth-order valence-electron chi connectivity index (χ4n) is 2.14. The number of pyridine rings is 1. The number of aromatic nitrogens is 1. The predicted molar refractivity (Wildman–Crippen MR) is 90.3 cm³/mol. The molecule has 6 heteroatoms. The maximum atomic E-state index is 6.16. The van der Waals surface area contributed by atoms with Gasteiger partial charge in [0.25, 0.3) is 0 Å². The molecular formula is C16H13Cl2N3O. The summed E-state index contributed by atoms with van der Waals surface area (Å²) in [4.78, 5) is 4.42. The van der Waals surface area contributed by atoms with E-state index in [0.29, 0.717) is 21.6 Å². The van der Waals surface area contributed by atoms with Crippen LogP contribution >= 0.6 is 23.2 Å². The number of hydrogen-bond donors (Lipinski definition) is 2. The Morgan fingerprint density at radius 1 is 1.00 bits per heavy atom. The Balaban J connectivity index is 1.94. The van der Waals surface area contributed by atoms with Gasteiger partial charge in [-0.25, -0.2) is 10.8 Å². The molecule has 0 amide bonds. The zero-order chi connectivity index (χ0) is 15.5. The van der Waals surface area contributed by atoms with Crippen LogP contribution in [0.1, 0.15) is 5.56 Å². The van der Waals surface area contributed by atoms with E-state index in [4.69, 9.17) is 33.8 Å². The van der Waals surface area contributed by atoms with Crippen LogP contribution in [0.5, 0.6) is 5.75 Å². The number of fused-ring (bicyclic) bond motifs is 1. The van der Waals surface area contributed by atoms with Gasteiger partial charge in [0, 0.05) is 21.0 Å². The van der Waals surface area contributed by atoms with Crippen molar-refractivity contribution in [1.29, 1.82) is 0 Å². The van der Waals surface area contributed by atoms with Gasteiger partial charge in [0.1, 0.15) is 23.7 Å². The maximum absolute atomic E-state index is 6.16. The molecule has 0 aliphatic carbocycles. The zero-order valence-corrected chi connectivity index (χ0v) is 13.0. The van der Waals surface area contributed by atoms with E-state index in [0.717, 1.165) is 16.5 Å². The Bertz CT molecular complexity index is 803. The van der Waals surface area contributed by atoms with Crippen molar-refractivity contribution >= 4 is 39.9 Å². The smallest absolute Gasteiger partial charge is 0.146 e. The van der Waals surface area contributed by atoms with Gasteiger partial charge in [-0.1, -0.05) is 41.4 Å². The Labute approximate surface area is 137 Å². The molecule has 3 rings (SSSR count). The fraction of sp³-hybridized carbons (Fsp3) is 0.0625. The van der Waals surface area contributed by atoms with Crippen molar-refractivity contribution in [2.45, 2.75) is 6.61 Å². The average Bonchev–Trinajstić information content (AvgIpc) is 2.54. The number of benzene rings is 2. The van der Waals surface area contributed by atoms with Gasteiger partial charge >= 0.3 is 0 Å². The summed E-state index contributed by atoms with van der Waals surface area (Å²) in [5.41, 5.74) is 4.00. The Morgan fingerprint density at radius 2 is 1.73 bits per heavy atom. The molecule has 0 fully saturated rings. The molecule has 1 heterocycles. The van der Waals surface area contributed by atoms with Crippen LogP contribution in [0.2, 0.25) is 10.0 Å². The fourth-order valence-corrected chi connectivity index (χ4v) is 2.64. The first kappa shape index (κ1) is 14.9. The van der Waals surface area contributed by atoms with Crippen LogP contribution in [0.3, 0.4) is 0 Å². The predicted octanol–water partition coefficient (Wildman–Crippen LogP) is 4.41. The molecule has 0 radical (unpaired) electrons. The molecule has 3 N–H and O–H groups in total. The SMILES string of the molecule is NNc1ccc2cccc(OCc3c(Cl)cccc3Cl)c2n1. The van der Waals surface area contributed by atoms with Crippen LogP contribution in [-0.2, 0) is 6.61 Å². The number of ether oxygens (including phenoxy) is 1. The second kappa shape index (κ2) is 6.40. The molecule has 0 atom stereocenters. The van der Waals surface area contributed by atoms with E-state index in [2.05, 4.69) is 10.4 Å². The summed E-state index contributed by atoms with van der Waals surface area (Å²) in [7, 11) is 0. The number of rotatable bonds is 4. The molecule has 0 aliphatic heterocycles. The molecule has 0 aliphatic rings. The molecule has 4 nitrogen and oxygen atoms in total. The first-order valence-electron chi connectivity index (χ1n) is 6.61. The van der Waals surface area contributed by atoms with Gasteiger partial charge in [-0.2, -0.15) is 0 Å². The summed E-state index contributed by atoms with van der Waals surface area (Å²) in [6.07, 6.45) is 0. The van der Waals surface area contributed by atoms with Gasteiger partial charge in [0.05, 0.1) is 0 Å². The Hall–Kier alpha value is -2.01. The summed E-state index contributed by atoms with van der Waals surface area (Å²) in [6.45, 7) is 0.263. The van der Waals surface area contributed by atoms with E-state index < -0.39 is 0 Å². The van der Waals surface area contributed by atoms with Crippen LogP contribution < -0.4 is 16.0 Å². The van der Waals surface area contributed by atoms with Gasteiger partial charge in [-0.15, -0.1) is 0 Å². The molecule has 0 bridgehead atoms. The average molecular weight is 334 g/mol. The van der Waals surface area contributed by atoms with Gasteiger partial charge in [0.15, 0.2) is 0 Å². The van der Waals surface area contributed by atoms with Crippen molar-refractivity contribution in [3.05, 3.63) is 64.1 Å². The normalized spacial score (nSPS) is 10.7. The molecule has 112 valence electrons. The number of halogens is 2. The number of nitrogens with two attached hydrogens (primary N) is 1. The van der Waals surface area contributed by atoms with Gasteiger partial charge in [0.2, 0.25) is 0 Å². The molecule has 0 unspecified atom stereocenters. The lowest BCUT2D eigenvalue weighted by Crippen LogP contribution is -2.08. The Kier molecular flexibility index (Phi) is 4.34. The van der Waals surface area contributed by atoms with Crippen LogP contribution in [0, 0.1) is 0 Å². The van der Waals surface area contributed by atoms with Crippen molar-refractivity contribution in [3.8, 4) is 5.75 Å².